The van der Waals surface area contributed by atoms with Crippen LogP contribution in [0.15, 0.2) is 48.0 Å². The van der Waals surface area contributed by atoms with Gasteiger partial charge in [-0.05, 0) is 36.6 Å². The summed E-state index contributed by atoms with van der Waals surface area (Å²) in [6.07, 6.45) is 3.69. The largest absolute Gasteiger partial charge is 0.376 e. The molecule has 1 aromatic carbocycles. The Morgan fingerprint density at radius 3 is 2.88 bits per heavy atom. The zero-order valence-electron chi connectivity index (χ0n) is 13.2. The summed E-state index contributed by atoms with van der Waals surface area (Å²) in [6.45, 7) is 1.20. The Hall–Kier alpha value is -2.42. The highest BCUT2D eigenvalue weighted by molar-refractivity contribution is 7.16. The average molecular weight is 338 g/mol. The zero-order chi connectivity index (χ0) is 16.8. The van der Waals surface area contributed by atoms with Crippen LogP contribution >= 0.6 is 11.3 Å². The molecular formula is C19H18N2O2S. The van der Waals surface area contributed by atoms with Crippen molar-refractivity contribution in [2.45, 2.75) is 18.9 Å². The van der Waals surface area contributed by atoms with Crippen LogP contribution < -0.4 is 5.32 Å². The molecule has 24 heavy (non-hydrogen) atoms. The molecule has 1 atom stereocenters. The molecule has 0 saturated carbocycles. The molecule has 1 aromatic heterocycles. The lowest BCUT2D eigenvalue weighted by molar-refractivity contribution is -0.117. The van der Waals surface area contributed by atoms with Crippen molar-refractivity contribution in [2.75, 3.05) is 13.2 Å². The lowest BCUT2D eigenvalue weighted by Crippen LogP contribution is -2.32. The third-order valence-electron chi connectivity index (χ3n) is 3.85. The second-order valence-corrected chi connectivity index (χ2v) is 6.70. The van der Waals surface area contributed by atoms with Gasteiger partial charge >= 0.3 is 0 Å². The van der Waals surface area contributed by atoms with Crippen LogP contribution in [0.3, 0.4) is 0 Å². The van der Waals surface area contributed by atoms with Crippen molar-refractivity contribution in [3.05, 3.63) is 52.9 Å². The molecule has 1 amide bonds. The summed E-state index contributed by atoms with van der Waals surface area (Å²) in [6, 6.07) is 16.0. The van der Waals surface area contributed by atoms with Gasteiger partial charge in [-0.2, -0.15) is 5.26 Å². The fourth-order valence-electron chi connectivity index (χ4n) is 2.59. The van der Waals surface area contributed by atoms with E-state index in [-0.39, 0.29) is 17.6 Å². The Morgan fingerprint density at radius 1 is 1.33 bits per heavy atom. The first-order valence-corrected chi connectivity index (χ1v) is 8.75. The van der Waals surface area contributed by atoms with E-state index in [0.29, 0.717) is 6.54 Å². The topological polar surface area (TPSA) is 62.1 Å². The van der Waals surface area contributed by atoms with Gasteiger partial charge in [0.1, 0.15) is 11.6 Å². The van der Waals surface area contributed by atoms with Crippen molar-refractivity contribution >= 4 is 23.3 Å². The first kappa shape index (κ1) is 16.4. The summed E-state index contributed by atoms with van der Waals surface area (Å²) < 4.78 is 5.47. The van der Waals surface area contributed by atoms with E-state index in [2.05, 4.69) is 5.32 Å². The molecule has 4 nitrogen and oxygen atoms in total. The predicted octanol–water partition coefficient (Wildman–Crippen LogP) is 3.62. The highest BCUT2D eigenvalue weighted by atomic mass is 32.1. The number of thiophene rings is 1. The van der Waals surface area contributed by atoms with Crippen LogP contribution in [0.4, 0.5) is 0 Å². The third kappa shape index (κ3) is 4.10. The van der Waals surface area contributed by atoms with Gasteiger partial charge in [0.15, 0.2) is 0 Å². The van der Waals surface area contributed by atoms with Crippen LogP contribution in [0, 0.1) is 11.3 Å². The van der Waals surface area contributed by atoms with Gasteiger partial charge in [0.2, 0.25) is 0 Å². The molecule has 0 unspecified atom stereocenters. The summed E-state index contributed by atoms with van der Waals surface area (Å²) >= 11 is 1.56. The molecule has 0 aliphatic carbocycles. The molecule has 1 saturated heterocycles. The molecule has 3 rings (SSSR count). The maximum absolute atomic E-state index is 12.2. The number of carbonyl (C=O) groups excluding carboxylic acids is 1. The first-order chi connectivity index (χ1) is 11.8. The van der Waals surface area contributed by atoms with Crippen LogP contribution in [-0.2, 0) is 9.53 Å². The van der Waals surface area contributed by atoms with Crippen molar-refractivity contribution in [3.63, 3.8) is 0 Å². The van der Waals surface area contributed by atoms with Crippen LogP contribution in [0.25, 0.3) is 16.5 Å². The van der Waals surface area contributed by atoms with Crippen LogP contribution in [0.5, 0.6) is 0 Å². The van der Waals surface area contributed by atoms with E-state index in [9.17, 15) is 10.1 Å². The van der Waals surface area contributed by atoms with E-state index in [4.69, 9.17) is 4.74 Å². The summed E-state index contributed by atoms with van der Waals surface area (Å²) in [5, 5.41) is 12.1. The molecule has 1 fully saturated rings. The molecule has 0 bridgehead atoms. The Balaban J connectivity index is 1.67. The molecule has 1 aliphatic heterocycles. The Morgan fingerprint density at radius 2 is 2.17 bits per heavy atom. The van der Waals surface area contributed by atoms with Crippen LogP contribution in [0.1, 0.15) is 17.7 Å². The van der Waals surface area contributed by atoms with Gasteiger partial charge in [0.25, 0.3) is 5.91 Å². The zero-order valence-corrected chi connectivity index (χ0v) is 14.0. The summed E-state index contributed by atoms with van der Waals surface area (Å²) in [5.74, 6) is -0.345. The molecule has 5 heteroatoms. The maximum Gasteiger partial charge on any atom is 0.262 e. The maximum atomic E-state index is 12.2. The normalized spacial score (nSPS) is 17.5. The predicted molar refractivity (Wildman–Crippen MR) is 95.3 cm³/mol. The van der Waals surface area contributed by atoms with Crippen LogP contribution in [-0.4, -0.2) is 25.2 Å². The van der Waals surface area contributed by atoms with Crippen LogP contribution in [0.2, 0.25) is 0 Å². The van der Waals surface area contributed by atoms with Crippen molar-refractivity contribution in [2.24, 2.45) is 0 Å². The molecule has 0 spiro atoms. The molecule has 2 aromatic rings. The third-order valence-corrected chi connectivity index (χ3v) is 4.93. The lowest BCUT2D eigenvalue weighted by Gasteiger charge is -2.09. The summed E-state index contributed by atoms with van der Waals surface area (Å²) in [7, 11) is 0. The number of nitrogens with zero attached hydrogens (tertiary/aromatic N) is 1. The van der Waals surface area contributed by atoms with Gasteiger partial charge in [-0.15, -0.1) is 11.3 Å². The molecular weight excluding hydrogens is 320 g/mol. The molecule has 122 valence electrons. The van der Waals surface area contributed by atoms with Crippen molar-refractivity contribution in [1.29, 1.82) is 5.26 Å². The van der Waals surface area contributed by atoms with E-state index < -0.39 is 0 Å². The summed E-state index contributed by atoms with van der Waals surface area (Å²) in [5.41, 5.74) is 1.25. The standard InChI is InChI=1S/C19H18N2O2S/c20-12-15(19(22)21-13-16-7-4-10-23-16)11-17-8-9-18(24-17)14-5-2-1-3-6-14/h1-3,5-6,8-9,11,16H,4,7,10,13H2,(H,21,22)/b15-11+/t16-/m0/s1. The molecule has 2 heterocycles. The number of rotatable bonds is 5. The number of nitriles is 1. The number of carbonyl (C=O) groups is 1. The fourth-order valence-corrected chi connectivity index (χ4v) is 3.54. The number of hydrogen-bond donors (Lipinski definition) is 1. The van der Waals surface area contributed by atoms with Crippen molar-refractivity contribution in [3.8, 4) is 16.5 Å². The van der Waals surface area contributed by atoms with Crippen molar-refractivity contribution < 1.29 is 9.53 Å². The minimum absolute atomic E-state index is 0.0697. The smallest absolute Gasteiger partial charge is 0.262 e. The van der Waals surface area contributed by atoms with Gasteiger partial charge in [-0.3, -0.25) is 4.79 Å². The minimum Gasteiger partial charge on any atom is -0.376 e. The lowest BCUT2D eigenvalue weighted by atomic mass is 10.2. The van der Waals surface area contributed by atoms with Gasteiger partial charge in [-0.1, -0.05) is 30.3 Å². The van der Waals surface area contributed by atoms with E-state index in [1.807, 2.05) is 48.5 Å². The molecule has 1 aliphatic rings. The highest BCUT2D eigenvalue weighted by Gasteiger charge is 2.17. The second-order valence-electron chi connectivity index (χ2n) is 5.58. The number of benzene rings is 1. The number of hydrogen-bond acceptors (Lipinski definition) is 4. The van der Waals surface area contributed by atoms with E-state index in [0.717, 1.165) is 34.8 Å². The molecule has 0 radical (unpaired) electrons. The SMILES string of the molecule is N#C/C(=C\c1ccc(-c2ccccc2)s1)C(=O)NC[C@@H]1CCCO1. The van der Waals surface area contributed by atoms with Gasteiger partial charge < -0.3 is 10.1 Å². The monoisotopic (exact) mass is 338 g/mol. The highest BCUT2D eigenvalue weighted by Crippen LogP contribution is 2.29. The van der Waals surface area contributed by atoms with E-state index >= 15 is 0 Å². The Bertz CT molecular complexity index is 768. The average Bonchev–Trinajstić information content (AvgIpc) is 3.30. The van der Waals surface area contributed by atoms with E-state index in [1.165, 1.54) is 0 Å². The van der Waals surface area contributed by atoms with Crippen molar-refractivity contribution in [1.82, 2.24) is 5.32 Å². The second kappa shape index (κ2) is 7.91. The van der Waals surface area contributed by atoms with E-state index in [1.54, 1.807) is 17.4 Å². The van der Waals surface area contributed by atoms with Gasteiger partial charge in [0, 0.05) is 22.9 Å². The number of amides is 1. The van der Waals surface area contributed by atoms with Gasteiger partial charge in [-0.25, -0.2) is 0 Å². The Kier molecular flexibility index (Phi) is 5.42. The minimum atomic E-state index is -0.345. The number of nitrogens with one attached hydrogen (secondary N) is 1. The fraction of sp³-hybridized carbons (Fsp3) is 0.263. The quantitative estimate of drug-likeness (QED) is 0.669. The van der Waals surface area contributed by atoms with Gasteiger partial charge in [0.05, 0.1) is 6.10 Å². The first-order valence-electron chi connectivity index (χ1n) is 7.93. The molecule has 1 N–H and O–H groups in total. The number of ether oxygens (including phenoxy) is 1. The Labute approximate surface area is 145 Å². The summed E-state index contributed by atoms with van der Waals surface area (Å²) in [4.78, 5) is 14.2.